The lowest BCUT2D eigenvalue weighted by atomic mass is 10.1. The Kier molecular flexibility index (Phi) is 4.91. The molecule has 0 saturated carbocycles. The lowest BCUT2D eigenvalue weighted by Gasteiger charge is -2.14. The van der Waals surface area contributed by atoms with Crippen LogP contribution in [0, 0.1) is 26.6 Å². The molecule has 21 heavy (non-hydrogen) atoms. The molecule has 0 aliphatic rings. The van der Waals surface area contributed by atoms with Crippen LogP contribution in [0.15, 0.2) is 24.3 Å². The van der Waals surface area contributed by atoms with E-state index in [4.69, 9.17) is 4.74 Å². The second-order valence-corrected chi connectivity index (χ2v) is 5.16. The Labute approximate surface area is 125 Å². The first-order valence-corrected chi connectivity index (χ1v) is 7.13. The van der Waals surface area contributed by atoms with E-state index >= 15 is 0 Å². The Morgan fingerprint density at radius 2 is 1.90 bits per heavy atom. The molecule has 0 spiro atoms. The van der Waals surface area contributed by atoms with Crippen molar-refractivity contribution in [3.63, 3.8) is 0 Å². The summed E-state index contributed by atoms with van der Waals surface area (Å²) in [5.74, 6) is 0.951. The molecule has 0 fully saturated rings. The minimum atomic E-state index is -0.233. The van der Waals surface area contributed by atoms with Crippen molar-refractivity contribution in [1.29, 1.82) is 0 Å². The summed E-state index contributed by atoms with van der Waals surface area (Å²) < 4.78 is 19.2. The number of ether oxygens (including phenoxy) is 1. The quantitative estimate of drug-likeness (QED) is 0.901. The maximum Gasteiger partial charge on any atom is 0.224 e. The Balaban J connectivity index is 2.35. The number of benzene rings is 1. The van der Waals surface area contributed by atoms with Crippen molar-refractivity contribution in [2.24, 2.45) is 0 Å². The molecule has 2 aromatic rings. The van der Waals surface area contributed by atoms with Gasteiger partial charge in [0.1, 0.15) is 11.6 Å². The number of hydrogen-bond acceptors (Lipinski definition) is 3. The molecular formula is C17H21FN2O. The predicted molar refractivity (Wildman–Crippen MR) is 82.3 cm³/mol. The maximum atomic E-state index is 13.3. The minimum Gasteiger partial charge on any atom is -0.439 e. The van der Waals surface area contributed by atoms with Gasteiger partial charge in [0.25, 0.3) is 0 Å². The van der Waals surface area contributed by atoms with Crippen LogP contribution in [0.2, 0.25) is 0 Å². The van der Waals surface area contributed by atoms with Crippen LogP contribution >= 0.6 is 0 Å². The third kappa shape index (κ3) is 3.79. The summed E-state index contributed by atoms with van der Waals surface area (Å²) in [5, 5.41) is 3.29. The van der Waals surface area contributed by atoms with Gasteiger partial charge in [-0.3, -0.25) is 0 Å². The molecule has 1 aromatic carbocycles. The molecule has 0 aliphatic heterocycles. The first-order chi connectivity index (χ1) is 10.0. The van der Waals surface area contributed by atoms with Crippen molar-refractivity contribution in [2.45, 2.75) is 34.2 Å². The number of pyridine rings is 1. The first kappa shape index (κ1) is 15.4. The molecule has 0 radical (unpaired) electrons. The molecule has 3 nitrogen and oxygen atoms in total. The van der Waals surface area contributed by atoms with E-state index in [1.54, 1.807) is 19.1 Å². The summed E-state index contributed by atoms with van der Waals surface area (Å²) in [6, 6.07) is 6.76. The van der Waals surface area contributed by atoms with Crippen LogP contribution in [0.5, 0.6) is 11.6 Å². The number of nitrogens with one attached hydrogen (secondary N) is 1. The zero-order chi connectivity index (χ0) is 15.4. The average Bonchev–Trinajstić information content (AvgIpc) is 2.42. The van der Waals surface area contributed by atoms with Crippen molar-refractivity contribution < 1.29 is 9.13 Å². The van der Waals surface area contributed by atoms with Crippen molar-refractivity contribution in [1.82, 2.24) is 10.3 Å². The standard InChI is InChI=1S/C17H21FN2O/c1-5-19-10-15-11(2)8-13(4)20-17(15)21-14-6-7-16(18)12(3)9-14/h6-9,19H,5,10H2,1-4H3. The van der Waals surface area contributed by atoms with Crippen LogP contribution in [0.1, 0.15) is 29.3 Å². The van der Waals surface area contributed by atoms with E-state index in [9.17, 15) is 4.39 Å². The van der Waals surface area contributed by atoms with Gasteiger partial charge in [-0.2, -0.15) is 0 Å². The van der Waals surface area contributed by atoms with Gasteiger partial charge in [-0.15, -0.1) is 0 Å². The molecule has 4 heteroatoms. The van der Waals surface area contributed by atoms with Gasteiger partial charge in [0.2, 0.25) is 5.88 Å². The van der Waals surface area contributed by atoms with E-state index in [0.717, 1.165) is 23.4 Å². The summed E-state index contributed by atoms with van der Waals surface area (Å²) >= 11 is 0. The van der Waals surface area contributed by atoms with Crippen LogP contribution in [-0.4, -0.2) is 11.5 Å². The molecule has 1 N–H and O–H groups in total. The molecule has 0 bridgehead atoms. The van der Waals surface area contributed by atoms with Gasteiger partial charge < -0.3 is 10.1 Å². The molecule has 0 amide bonds. The molecule has 1 aromatic heterocycles. The molecule has 112 valence electrons. The smallest absolute Gasteiger partial charge is 0.224 e. The van der Waals surface area contributed by atoms with Gasteiger partial charge in [0, 0.05) is 17.8 Å². The molecule has 1 heterocycles. The van der Waals surface area contributed by atoms with Gasteiger partial charge >= 0.3 is 0 Å². The van der Waals surface area contributed by atoms with Crippen molar-refractivity contribution in [3.05, 3.63) is 52.5 Å². The van der Waals surface area contributed by atoms with E-state index in [-0.39, 0.29) is 5.82 Å². The van der Waals surface area contributed by atoms with Crippen LogP contribution < -0.4 is 10.1 Å². The van der Waals surface area contributed by atoms with Crippen LogP contribution in [0.25, 0.3) is 0 Å². The summed E-state index contributed by atoms with van der Waals surface area (Å²) in [6.07, 6.45) is 0. The van der Waals surface area contributed by atoms with Crippen LogP contribution in [0.3, 0.4) is 0 Å². The fourth-order valence-electron chi connectivity index (χ4n) is 2.17. The van der Waals surface area contributed by atoms with Gasteiger partial charge in [-0.25, -0.2) is 9.37 Å². The third-order valence-electron chi connectivity index (χ3n) is 3.33. The predicted octanol–water partition coefficient (Wildman–Crippen LogP) is 4.05. The highest BCUT2D eigenvalue weighted by Gasteiger charge is 2.11. The summed E-state index contributed by atoms with van der Waals surface area (Å²) in [7, 11) is 0. The molecular weight excluding hydrogens is 267 g/mol. The highest BCUT2D eigenvalue weighted by molar-refractivity contribution is 5.39. The Morgan fingerprint density at radius 1 is 1.14 bits per heavy atom. The van der Waals surface area contributed by atoms with Crippen molar-refractivity contribution in [3.8, 4) is 11.6 Å². The fourth-order valence-corrected chi connectivity index (χ4v) is 2.17. The van der Waals surface area contributed by atoms with Gasteiger partial charge in [-0.05, 0) is 62.7 Å². The second kappa shape index (κ2) is 6.68. The lowest BCUT2D eigenvalue weighted by molar-refractivity contribution is 0.449. The van der Waals surface area contributed by atoms with E-state index < -0.39 is 0 Å². The zero-order valence-corrected chi connectivity index (χ0v) is 13.0. The number of rotatable bonds is 5. The Hall–Kier alpha value is -1.94. The van der Waals surface area contributed by atoms with Crippen molar-refractivity contribution in [2.75, 3.05) is 6.54 Å². The number of nitrogens with zero attached hydrogens (tertiary/aromatic N) is 1. The highest BCUT2D eigenvalue weighted by Crippen LogP contribution is 2.27. The SMILES string of the molecule is CCNCc1c(C)cc(C)nc1Oc1ccc(F)c(C)c1. The number of aromatic nitrogens is 1. The van der Waals surface area contributed by atoms with E-state index in [2.05, 4.69) is 17.2 Å². The van der Waals surface area contributed by atoms with Gasteiger partial charge in [0.15, 0.2) is 0 Å². The topological polar surface area (TPSA) is 34.2 Å². The fraction of sp³-hybridized carbons (Fsp3) is 0.353. The minimum absolute atomic E-state index is 0.233. The third-order valence-corrected chi connectivity index (χ3v) is 3.33. The van der Waals surface area contributed by atoms with E-state index in [1.807, 2.05) is 19.9 Å². The zero-order valence-electron chi connectivity index (χ0n) is 13.0. The number of hydrogen-bond donors (Lipinski definition) is 1. The Bertz CT molecular complexity index is 641. The lowest BCUT2D eigenvalue weighted by Crippen LogP contribution is -2.14. The molecule has 0 unspecified atom stereocenters. The highest BCUT2D eigenvalue weighted by atomic mass is 19.1. The first-order valence-electron chi connectivity index (χ1n) is 7.13. The molecule has 0 aliphatic carbocycles. The number of aryl methyl sites for hydroxylation is 3. The van der Waals surface area contributed by atoms with Crippen molar-refractivity contribution >= 4 is 0 Å². The maximum absolute atomic E-state index is 13.3. The van der Waals surface area contributed by atoms with Crippen LogP contribution in [-0.2, 0) is 6.54 Å². The summed E-state index contributed by atoms with van der Waals surface area (Å²) in [6.45, 7) is 9.34. The number of halogens is 1. The normalized spacial score (nSPS) is 10.7. The summed E-state index contributed by atoms with van der Waals surface area (Å²) in [4.78, 5) is 4.48. The largest absolute Gasteiger partial charge is 0.439 e. The molecule has 0 saturated heterocycles. The Morgan fingerprint density at radius 3 is 2.57 bits per heavy atom. The average molecular weight is 288 g/mol. The van der Waals surface area contributed by atoms with E-state index in [1.165, 1.54) is 6.07 Å². The van der Waals surface area contributed by atoms with Gasteiger partial charge in [-0.1, -0.05) is 6.92 Å². The van der Waals surface area contributed by atoms with Crippen LogP contribution in [0.4, 0.5) is 4.39 Å². The van der Waals surface area contributed by atoms with E-state index in [0.29, 0.717) is 23.7 Å². The van der Waals surface area contributed by atoms with Gasteiger partial charge in [0.05, 0.1) is 0 Å². The monoisotopic (exact) mass is 288 g/mol. The second-order valence-electron chi connectivity index (χ2n) is 5.16. The molecule has 2 rings (SSSR count). The summed E-state index contributed by atoms with van der Waals surface area (Å²) in [5.41, 5.74) is 3.63. The molecule has 0 atom stereocenters.